The van der Waals surface area contributed by atoms with Gasteiger partial charge < -0.3 is 10.5 Å². The van der Waals surface area contributed by atoms with Crippen LogP contribution in [0, 0.1) is 0 Å². The second-order valence-corrected chi connectivity index (χ2v) is 8.13. The summed E-state index contributed by atoms with van der Waals surface area (Å²) in [5.74, 6) is 0.675. The normalized spacial score (nSPS) is 12.4. The maximum Gasteiger partial charge on any atom is 0.141 e. The van der Waals surface area contributed by atoms with Crippen molar-refractivity contribution in [3.63, 3.8) is 0 Å². The van der Waals surface area contributed by atoms with Crippen LogP contribution in [0.2, 0.25) is 10.0 Å². The predicted molar refractivity (Wildman–Crippen MR) is 94.8 cm³/mol. The van der Waals surface area contributed by atoms with Crippen molar-refractivity contribution < 1.29 is 4.74 Å². The van der Waals surface area contributed by atoms with Crippen molar-refractivity contribution in [2.45, 2.75) is 32.4 Å². The van der Waals surface area contributed by atoms with Crippen LogP contribution in [0.5, 0.6) is 5.75 Å². The molecule has 0 saturated heterocycles. The highest BCUT2D eigenvalue weighted by atomic mass is 79.9. The summed E-state index contributed by atoms with van der Waals surface area (Å²) in [6.07, 6.45) is 1.59. The van der Waals surface area contributed by atoms with E-state index in [1.54, 1.807) is 17.4 Å². The van der Waals surface area contributed by atoms with Crippen LogP contribution in [0.1, 0.15) is 23.8 Å². The molecule has 1 aromatic heterocycles. The summed E-state index contributed by atoms with van der Waals surface area (Å²) < 4.78 is 6.99. The fraction of sp³-hybridized carbons (Fsp3) is 0.333. The van der Waals surface area contributed by atoms with E-state index in [4.69, 9.17) is 33.7 Å². The number of nitrogens with two attached hydrogens (primary N) is 1. The molecule has 1 atom stereocenters. The number of ether oxygens (including phenoxy) is 1. The van der Waals surface area contributed by atoms with Crippen LogP contribution >= 0.6 is 50.5 Å². The van der Waals surface area contributed by atoms with Crippen molar-refractivity contribution in [1.82, 2.24) is 0 Å². The summed E-state index contributed by atoms with van der Waals surface area (Å²) in [7, 11) is 0. The van der Waals surface area contributed by atoms with Crippen LogP contribution in [0.15, 0.2) is 28.1 Å². The molecule has 0 aliphatic carbocycles. The first kappa shape index (κ1) is 17.1. The van der Waals surface area contributed by atoms with Crippen LogP contribution < -0.4 is 10.5 Å². The molecule has 0 bridgehead atoms. The van der Waals surface area contributed by atoms with Gasteiger partial charge in [-0.2, -0.15) is 0 Å². The molecule has 0 aliphatic heterocycles. The molecular weight excluding hydrogens is 393 g/mol. The number of hydrogen-bond acceptors (Lipinski definition) is 3. The van der Waals surface area contributed by atoms with Crippen molar-refractivity contribution >= 4 is 50.5 Å². The van der Waals surface area contributed by atoms with E-state index < -0.39 is 0 Å². The Kier molecular flexibility index (Phi) is 6.38. The van der Waals surface area contributed by atoms with Crippen molar-refractivity contribution in [3.05, 3.63) is 48.5 Å². The van der Waals surface area contributed by atoms with Gasteiger partial charge in [0.15, 0.2) is 0 Å². The van der Waals surface area contributed by atoms with Gasteiger partial charge in [-0.05, 0) is 58.6 Å². The van der Waals surface area contributed by atoms with E-state index >= 15 is 0 Å². The number of hydrogen-bond donors (Lipinski definition) is 1. The molecular formula is C15H16BrCl2NOS. The zero-order valence-corrected chi connectivity index (χ0v) is 15.5. The highest BCUT2D eigenvalue weighted by molar-refractivity contribution is 9.11. The first-order valence-electron chi connectivity index (χ1n) is 6.60. The number of thiophene rings is 1. The Bertz CT molecular complexity index is 618. The maximum atomic E-state index is 6.28. The highest BCUT2D eigenvalue weighted by Gasteiger charge is 2.14. The lowest BCUT2D eigenvalue weighted by molar-refractivity contribution is 0.306. The zero-order chi connectivity index (χ0) is 15.4. The molecule has 1 aromatic carbocycles. The standard InChI is InChI=1S/C15H16BrCl2NOS/c1-2-11(19)6-9-5-10(17)7-13(18)15(9)20-8-12-3-4-14(16)21-12/h3-5,7,11H,2,6,8,19H2,1H3. The minimum absolute atomic E-state index is 0.0674. The molecule has 2 aromatic rings. The third-order valence-corrected chi connectivity index (χ3v) is 5.18. The molecule has 1 unspecified atom stereocenters. The van der Waals surface area contributed by atoms with Gasteiger partial charge in [0.25, 0.3) is 0 Å². The summed E-state index contributed by atoms with van der Waals surface area (Å²) in [5, 5.41) is 1.13. The van der Waals surface area contributed by atoms with Gasteiger partial charge in [0.2, 0.25) is 0 Å². The fourth-order valence-corrected chi connectivity index (χ4v) is 3.91. The molecule has 0 amide bonds. The van der Waals surface area contributed by atoms with Crippen molar-refractivity contribution in [2.75, 3.05) is 0 Å². The second-order valence-electron chi connectivity index (χ2n) is 4.74. The number of halogens is 3. The van der Waals surface area contributed by atoms with Gasteiger partial charge in [0, 0.05) is 15.9 Å². The molecule has 2 N–H and O–H groups in total. The molecule has 0 radical (unpaired) electrons. The Morgan fingerprint density at radius 2 is 2.10 bits per heavy atom. The van der Waals surface area contributed by atoms with E-state index in [0.717, 1.165) is 20.6 Å². The Balaban J connectivity index is 2.19. The van der Waals surface area contributed by atoms with Gasteiger partial charge in [0.1, 0.15) is 12.4 Å². The highest BCUT2D eigenvalue weighted by Crippen LogP contribution is 2.34. The van der Waals surface area contributed by atoms with Gasteiger partial charge in [-0.25, -0.2) is 0 Å². The molecule has 0 saturated carbocycles. The lowest BCUT2D eigenvalue weighted by atomic mass is 10.0. The summed E-state index contributed by atoms with van der Waals surface area (Å²) in [6.45, 7) is 2.53. The predicted octanol–water partition coefficient (Wildman–Crippen LogP) is 5.68. The average molecular weight is 409 g/mol. The minimum Gasteiger partial charge on any atom is -0.486 e. The van der Waals surface area contributed by atoms with Gasteiger partial charge in [-0.1, -0.05) is 30.1 Å². The molecule has 2 rings (SSSR count). The lowest BCUT2D eigenvalue weighted by Gasteiger charge is -2.16. The lowest BCUT2D eigenvalue weighted by Crippen LogP contribution is -2.21. The summed E-state index contributed by atoms with van der Waals surface area (Å²) in [4.78, 5) is 1.12. The van der Waals surface area contributed by atoms with Gasteiger partial charge in [-0.3, -0.25) is 0 Å². The third-order valence-electron chi connectivity index (χ3n) is 3.08. The number of rotatable bonds is 6. The van der Waals surface area contributed by atoms with Crippen molar-refractivity contribution in [1.29, 1.82) is 0 Å². The second kappa shape index (κ2) is 7.84. The van der Waals surface area contributed by atoms with Gasteiger partial charge in [0.05, 0.1) is 8.81 Å². The van der Waals surface area contributed by atoms with Gasteiger partial charge in [-0.15, -0.1) is 11.3 Å². The molecule has 2 nitrogen and oxygen atoms in total. The smallest absolute Gasteiger partial charge is 0.141 e. The molecule has 0 fully saturated rings. The number of benzene rings is 1. The van der Waals surface area contributed by atoms with Crippen LogP contribution in [0.4, 0.5) is 0 Å². The Morgan fingerprint density at radius 1 is 1.33 bits per heavy atom. The Hall–Kier alpha value is -0.260. The van der Waals surface area contributed by atoms with Gasteiger partial charge >= 0.3 is 0 Å². The molecule has 0 spiro atoms. The first-order chi connectivity index (χ1) is 9.99. The molecule has 1 heterocycles. The SMILES string of the molecule is CCC(N)Cc1cc(Cl)cc(Cl)c1OCc1ccc(Br)s1. The molecule has 6 heteroatoms. The quantitative estimate of drug-likeness (QED) is 0.667. The third kappa shape index (κ3) is 4.86. The first-order valence-corrected chi connectivity index (χ1v) is 8.96. The van der Waals surface area contributed by atoms with Crippen molar-refractivity contribution in [3.8, 4) is 5.75 Å². The minimum atomic E-state index is 0.0674. The van der Waals surface area contributed by atoms with E-state index in [-0.39, 0.29) is 6.04 Å². The van der Waals surface area contributed by atoms with Crippen molar-refractivity contribution in [2.24, 2.45) is 5.73 Å². The Morgan fingerprint density at radius 3 is 2.71 bits per heavy atom. The zero-order valence-electron chi connectivity index (χ0n) is 11.5. The van der Waals surface area contributed by atoms with E-state index in [2.05, 4.69) is 22.9 Å². The van der Waals surface area contributed by atoms with Crippen LogP contribution in [0.25, 0.3) is 0 Å². The average Bonchev–Trinajstić information content (AvgIpc) is 2.83. The molecule has 0 aliphatic rings. The van der Waals surface area contributed by atoms with E-state index in [1.807, 2.05) is 18.2 Å². The van der Waals surface area contributed by atoms with Crippen LogP contribution in [-0.4, -0.2) is 6.04 Å². The topological polar surface area (TPSA) is 35.2 Å². The van der Waals surface area contributed by atoms with Crippen LogP contribution in [0.3, 0.4) is 0 Å². The van der Waals surface area contributed by atoms with Crippen LogP contribution in [-0.2, 0) is 13.0 Å². The largest absolute Gasteiger partial charge is 0.486 e. The summed E-state index contributed by atoms with van der Waals surface area (Å²) >= 11 is 17.4. The monoisotopic (exact) mass is 407 g/mol. The molecule has 21 heavy (non-hydrogen) atoms. The van der Waals surface area contributed by atoms with E-state index in [0.29, 0.717) is 28.8 Å². The summed E-state index contributed by atoms with van der Waals surface area (Å²) in [6, 6.07) is 7.67. The van der Waals surface area contributed by atoms with E-state index in [1.165, 1.54) is 0 Å². The fourth-order valence-electron chi connectivity index (χ4n) is 1.93. The molecule has 114 valence electrons. The maximum absolute atomic E-state index is 6.28. The Labute approximate surface area is 147 Å². The van der Waals surface area contributed by atoms with E-state index in [9.17, 15) is 0 Å². The summed E-state index contributed by atoms with van der Waals surface area (Å²) in [5.41, 5.74) is 6.99.